The number of methoxy groups -OCH3 is 1. The Bertz CT molecular complexity index is 380. The van der Waals surface area contributed by atoms with Crippen LogP contribution in [0.5, 0.6) is 0 Å². The van der Waals surface area contributed by atoms with Gasteiger partial charge in [-0.05, 0) is 6.92 Å². The summed E-state index contributed by atoms with van der Waals surface area (Å²) in [4.78, 5) is 0. The van der Waals surface area contributed by atoms with E-state index in [1.807, 2.05) is 0 Å². The molecule has 6 N–H and O–H groups in total. The molecule has 2 fully saturated rings. The molecule has 0 aliphatic carbocycles. The van der Waals surface area contributed by atoms with Crippen LogP contribution in [0.15, 0.2) is 0 Å². The van der Waals surface area contributed by atoms with Crippen LogP contribution >= 0.6 is 0 Å². The fraction of sp³-hybridized carbons (Fsp3) is 1.00. The lowest BCUT2D eigenvalue weighted by atomic mass is 9.97. The first-order chi connectivity index (χ1) is 10.8. The Morgan fingerprint density at radius 1 is 0.826 bits per heavy atom. The van der Waals surface area contributed by atoms with Gasteiger partial charge in [0.15, 0.2) is 12.6 Å². The van der Waals surface area contributed by atoms with Gasteiger partial charge in [-0.2, -0.15) is 0 Å². The van der Waals surface area contributed by atoms with Crippen LogP contribution in [0, 0.1) is 0 Å². The van der Waals surface area contributed by atoms with E-state index in [1.165, 1.54) is 14.0 Å². The number of aliphatic hydroxyl groups excluding tert-OH is 6. The standard InChI is InChI=1S/C13H24O10/c1-4-6(15)8(17)10(19)12(21-4)23-11-9(18)7(16)5(3-14)22-13(11)20-2/h4-19H,3H2,1-2H3/t4-,5-,6+,7+,8-,9+,10-,11+,12-,13-/m0/s1. The van der Waals surface area contributed by atoms with Gasteiger partial charge >= 0.3 is 0 Å². The highest BCUT2D eigenvalue weighted by molar-refractivity contribution is 4.92. The summed E-state index contributed by atoms with van der Waals surface area (Å²) in [5.41, 5.74) is 0. The molecule has 10 atom stereocenters. The van der Waals surface area contributed by atoms with Crippen LogP contribution in [0.4, 0.5) is 0 Å². The van der Waals surface area contributed by atoms with Crippen molar-refractivity contribution in [1.82, 2.24) is 0 Å². The van der Waals surface area contributed by atoms with Gasteiger partial charge in [-0.25, -0.2) is 0 Å². The van der Waals surface area contributed by atoms with E-state index in [4.69, 9.17) is 24.1 Å². The second-order valence-corrected chi connectivity index (χ2v) is 5.72. The number of aliphatic hydroxyl groups is 6. The van der Waals surface area contributed by atoms with Crippen molar-refractivity contribution in [3.8, 4) is 0 Å². The summed E-state index contributed by atoms with van der Waals surface area (Å²) in [6, 6.07) is 0. The first-order valence-corrected chi connectivity index (χ1v) is 7.32. The minimum absolute atomic E-state index is 0.532. The zero-order chi connectivity index (χ0) is 17.3. The van der Waals surface area contributed by atoms with Crippen LogP contribution in [0.3, 0.4) is 0 Å². The Balaban J connectivity index is 2.10. The quantitative estimate of drug-likeness (QED) is 0.300. The summed E-state index contributed by atoms with van der Waals surface area (Å²) >= 11 is 0. The lowest BCUT2D eigenvalue weighted by Gasteiger charge is -2.45. The molecule has 2 aliphatic rings. The van der Waals surface area contributed by atoms with Crippen molar-refractivity contribution < 1.29 is 49.6 Å². The van der Waals surface area contributed by atoms with Crippen molar-refractivity contribution in [2.75, 3.05) is 13.7 Å². The third-order valence-electron chi connectivity index (χ3n) is 4.16. The summed E-state index contributed by atoms with van der Waals surface area (Å²) in [6.45, 7) is 0.948. The van der Waals surface area contributed by atoms with Gasteiger partial charge in [0.1, 0.15) is 42.7 Å². The predicted octanol–water partition coefficient (Wildman–Crippen LogP) is -3.72. The number of ether oxygens (including phenoxy) is 4. The van der Waals surface area contributed by atoms with Crippen molar-refractivity contribution >= 4 is 0 Å². The smallest absolute Gasteiger partial charge is 0.187 e. The maximum Gasteiger partial charge on any atom is 0.187 e. The fourth-order valence-electron chi connectivity index (χ4n) is 2.67. The van der Waals surface area contributed by atoms with Crippen molar-refractivity contribution in [1.29, 1.82) is 0 Å². The number of rotatable bonds is 4. The Morgan fingerprint density at radius 3 is 2.04 bits per heavy atom. The fourth-order valence-corrected chi connectivity index (χ4v) is 2.67. The van der Waals surface area contributed by atoms with E-state index in [1.54, 1.807) is 0 Å². The minimum Gasteiger partial charge on any atom is -0.394 e. The highest BCUT2D eigenvalue weighted by Gasteiger charge is 2.49. The molecule has 10 nitrogen and oxygen atoms in total. The largest absolute Gasteiger partial charge is 0.394 e. The van der Waals surface area contributed by atoms with Gasteiger partial charge in [-0.15, -0.1) is 0 Å². The van der Waals surface area contributed by atoms with Crippen LogP contribution in [0.1, 0.15) is 6.92 Å². The van der Waals surface area contributed by atoms with Crippen LogP contribution in [-0.4, -0.2) is 106 Å². The third-order valence-corrected chi connectivity index (χ3v) is 4.16. The van der Waals surface area contributed by atoms with Gasteiger partial charge in [0.05, 0.1) is 12.7 Å². The lowest BCUT2D eigenvalue weighted by Crippen LogP contribution is -2.64. The van der Waals surface area contributed by atoms with Gasteiger partial charge in [0, 0.05) is 7.11 Å². The molecule has 136 valence electrons. The van der Waals surface area contributed by atoms with E-state index in [-0.39, 0.29) is 0 Å². The maximum absolute atomic E-state index is 10.1. The summed E-state index contributed by atoms with van der Waals surface area (Å²) < 4.78 is 21.0. The average Bonchev–Trinajstić information content (AvgIpc) is 2.54. The maximum atomic E-state index is 10.1. The van der Waals surface area contributed by atoms with Gasteiger partial charge in [-0.1, -0.05) is 0 Å². The molecule has 10 heteroatoms. The predicted molar refractivity (Wildman–Crippen MR) is 72.0 cm³/mol. The first-order valence-electron chi connectivity index (χ1n) is 7.32. The molecule has 0 bridgehead atoms. The van der Waals surface area contributed by atoms with Crippen molar-refractivity contribution in [2.45, 2.75) is 68.3 Å². The van der Waals surface area contributed by atoms with E-state index in [0.29, 0.717) is 0 Å². The normalized spacial score (nSPS) is 51.7. The van der Waals surface area contributed by atoms with Gasteiger partial charge in [-0.3, -0.25) is 0 Å². The molecule has 0 unspecified atom stereocenters. The van der Waals surface area contributed by atoms with Crippen molar-refractivity contribution in [3.63, 3.8) is 0 Å². The Morgan fingerprint density at radius 2 is 1.48 bits per heavy atom. The van der Waals surface area contributed by atoms with E-state index in [0.717, 1.165) is 0 Å². The Hall–Kier alpha value is -0.400. The molecule has 0 saturated carbocycles. The highest BCUT2D eigenvalue weighted by Crippen LogP contribution is 2.29. The van der Waals surface area contributed by atoms with E-state index in [2.05, 4.69) is 0 Å². The molecule has 0 spiro atoms. The zero-order valence-corrected chi connectivity index (χ0v) is 12.8. The van der Waals surface area contributed by atoms with Gasteiger partial charge in [0.25, 0.3) is 0 Å². The molecule has 0 aromatic rings. The van der Waals surface area contributed by atoms with E-state index < -0.39 is 68.0 Å². The molecule has 0 aromatic carbocycles. The van der Waals surface area contributed by atoms with E-state index >= 15 is 0 Å². The SMILES string of the molecule is CO[C@H]1O[C@@H](CO)[C@@H](O)[C@@H](O)[C@H]1O[C@@H]1O[C@@H](C)[C@@H](O)[C@H](O)[C@@H]1O. The summed E-state index contributed by atoms with van der Waals surface area (Å²) in [5, 5.41) is 58.5. The molecule has 2 heterocycles. The molecule has 2 saturated heterocycles. The second kappa shape index (κ2) is 7.66. The molecular formula is C13H24O10. The van der Waals surface area contributed by atoms with E-state index in [9.17, 15) is 25.5 Å². The summed E-state index contributed by atoms with van der Waals surface area (Å²) in [5.74, 6) is 0. The molecule has 0 radical (unpaired) electrons. The van der Waals surface area contributed by atoms with Crippen LogP contribution in [0.2, 0.25) is 0 Å². The summed E-state index contributed by atoms with van der Waals surface area (Å²) in [6.07, 6.45) is -12.9. The third kappa shape index (κ3) is 3.66. The minimum atomic E-state index is -1.57. The molecule has 23 heavy (non-hydrogen) atoms. The topological polar surface area (TPSA) is 158 Å². The van der Waals surface area contributed by atoms with Crippen LogP contribution in [-0.2, 0) is 18.9 Å². The van der Waals surface area contributed by atoms with Crippen LogP contribution in [0.25, 0.3) is 0 Å². The zero-order valence-electron chi connectivity index (χ0n) is 12.8. The van der Waals surface area contributed by atoms with Crippen LogP contribution < -0.4 is 0 Å². The second-order valence-electron chi connectivity index (χ2n) is 5.72. The molecular weight excluding hydrogens is 316 g/mol. The van der Waals surface area contributed by atoms with Gasteiger partial charge < -0.3 is 49.6 Å². The van der Waals surface area contributed by atoms with Crippen molar-refractivity contribution in [3.05, 3.63) is 0 Å². The first kappa shape index (κ1) is 18.9. The average molecular weight is 340 g/mol. The lowest BCUT2D eigenvalue weighted by molar-refractivity contribution is -0.361. The monoisotopic (exact) mass is 340 g/mol. The molecule has 2 aliphatic heterocycles. The Labute approximate surface area is 132 Å². The number of hydrogen-bond acceptors (Lipinski definition) is 10. The highest BCUT2D eigenvalue weighted by atomic mass is 16.8. The van der Waals surface area contributed by atoms with Crippen molar-refractivity contribution in [2.24, 2.45) is 0 Å². The van der Waals surface area contributed by atoms with Gasteiger partial charge in [0.2, 0.25) is 0 Å². The number of hydrogen-bond donors (Lipinski definition) is 6. The molecule has 0 aromatic heterocycles. The molecule has 0 amide bonds. The molecule has 2 rings (SSSR count). The summed E-state index contributed by atoms with van der Waals surface area (Å²) in [7, 11) is 1.28. The Kier molecular flexibility index (Phi) is 6.30.